The summed E-state index contributed by atoms with van der Waals surface area (Å²) in [6, 6.07) is 3.61. The van der Waals surface area contributed by atoms with Crippen LogP contribution < -0.4 is 0 Å². The zero-order valence-electron chi connectivity index (χ0n) is 12.1. The summed E-state index contributed by atoms with van der Waals surface area (Å²) in [5, 5.41) is 0. The summed E-state index contributed by atoms with van der Waals surface area (Å²) in [5.74, 6) is 1.58. The van der Waals surface area contributed by atoms with E-state index in [1.165, 1.54) is 0 Å². The number of hydrogen-bond acceptors (Lipinski definition) is 5. The highest BCUT2D eigenvalue weighted by Gasteiger charge is 2.34. The lowest BCUT2D eigenvalue weighted by Gasteiger charge is -2.37. The topological polar surface area (TPSA) is 70.8 Å². The Kier molecular flexibility index (Phi) is 3.79. The molecule has 0 radical (unpaired) electrons. The van der Waals surface area contributed by atoms with Gasteiger partial charge < -0.3 is 9.32 Å². The van der Waals surface area contributed by atoms with E-state index in [9.17, 15) is 13.2 Å². The molecule has 6 nitrogen and oxygen atoms in total. The molecule has 2 aliphatic heterocycles. The van der Waals surface area contributed by atoms with Crippen LogP contribution in [0.5, 0.6) is 0 Å². The fourth-order valence-electron chi connectivity index (χ4n) is 3.06. The molecule has 116 valence electrons. The van der Waals surface area contributed by atoms with Crippen molar-refractivity contribution in [2.45, 2.75) is 19.4 Å². The molecular weight excluding hydrogens is 292 g/mol. The predicted molar refractivity (Wildman–Crippen MR) is 78.0 cm³/mol. The van der Waals surface area contributed by atoms with Crippen LogP contribution in [0, 0.1) is 6.92 Å². The lowest BCUT2D eigenvalue weighted by Crippen LogP contribution is -2.52. The molecule has 0 N–H and O–H groups in total. The predicted octanol–water partition coefficient (Wildman–Crippen LogP) is 0.533. The van der Waals surface area contributed by atoms with Crippen LogP contribution in [0.3, 0.4) is 0 Å². The van der Waals surface area contributed by atoms with E-state index in [1.54, 1.807) is 17.0 Å². The van der Waals surface area contributed by atoms with Gasteiger partial charge in [0.25, 0.3) is 5.91 Å². The first-order valence-electron chi connectivity index (χ1n) is 7.25. The van der Waals surface area contributed by atoms with Crippen LogP contribution in [-0.4, -0.2) is 67.9 Å². The Hall–Kier alpha value is -1.34. The molecule has 2 saturated heterocycles. The summed E-state index contributed by atoms with van der Waals surface area (Å²) >= 11 is 0. The smallest absolute Gasteiger partial charge is 0.289 e. The molecule has 1 aromatic heterocycles. The summed E-state index contributed by atoms with van der Waals surface area (Å²) in [6.07, 6.45) is 0.716. The van der Waals surface area contributed by atoms with E-state index in [2.05, 4.69) is 4.90 Å². The summed E-state index contributed by atoms with van der Waals surface area (Å²) < 4.78 is 28.4. The first-order valence-corrected chi connectivity index (χ1v) is 9.07. The van der Waals surface area contributed by atoms with E-state index >= 15 is 0 Å². The highest BCUT2D eigenvalue weighted by Crippen LogP contribution is 2.20. The molecule has 0 saturated carbocycles. The Bertz CT molecular complexity index is 629. The molecule has 1 amide bonds. The van der Waals surface area contributed by atoms with Gasteiger partial charge in [-0.1, -0.05) is 0 Å². The number of hydrogen-bond donors (Lipinski definition) is 0. The highest BCUT2D eigenvalue weighted by atomic mass is 32.2. The van der Waals surface area contributed by atoms with Crippen molar-refractivity contribution in [3.05, 3.63) is 23.7 Å². The molecule has 1 atom stereocenters. The lowest BCUT2D eigenvalue weighted by molar-refractivity contribution is 0.0557. The van der Waals surface area contributed by atoms with Crippen LogP contribution in [0.1, 0.15) is 22.7 Å². The van der Waals surface area contributed by atoms with E-state index in [0.29, 0.717) is 31.0 Å². The van der Waals surface area contributed by atoms with Crippen LogP contribution in [-0.2, 0) is 9.84 Å². The van der Waals surface area contributed by atoms with Crippen LogP contribution in [0.15, 0.2) is 16.5 Å². The molecule has 0 unspecified atom stereocenters. The average Bonchev–Trinajstić information content (AvgIpc) is 3.04. The van der Waals surface area contributed by atoms with Crippen LogP contribution in [0.4, 0.5) is 0 Å². The highest BCUT2D eigenvalue weighted by molar-refractivity contribution is 7.91. The standard InChI is InChI=1S/C14H20N2O4S/c1-11-2-3-13(20-11)14(17)16-7-5-15(6-8-16)12-4-9-21(18,19)10-12/h2-3,12H,4-10H2,1H3/t12-/m1/s1. The second kappa shape index (κ2) is 5.46. The largest absolute Gasteiger partial charge is 0.456 e. The van der Waals surface area contributed by atoms with Crippen molar-refractivity contribution in [1.29, 1.82) is 0 Å². The quantitative estimate of drug-likeness (QED) is 0.797. The Balaban J connectivity index is 1.57. The maximum Gasteiger partial charge on any atom is 0.289 e. The molecule has 0 spiro atoms. The number of rotatable bonds is 2. The molecule has 0 aromatic carbocycles. The van der Waals surface area contributed by atoms with Crippen molar-refractivity contribution >= 4 is 15.7 Å². The number of amides is 1. The summed E-state index contributed by atoms with van der Waals surface area (Å²) in [7, 11) is -2.85. The second-order valence-corrected chi connectivity index (χ2v) is 8.02. The van der Waals surface area contributed by atoms with Gasteiger partial charge in [0.2, 0.25) is 0 Å². The Morgan fingerprint density at radius 2 is 1.95 bits per heavy atom. The number of sulfone groups is 1. The maximum atomic E-state index is 12.3. The average molecular weight is 312 g/mol. The number of aryl methyl sites for hydroxylation is 1. The van der Waals surface area contributed by atoms with E-state index in [-0.39, 0.29) is 17.7 Å². The molecule has 2 fully saturated rings. The molecule has 0 bridgehead atoms. The van der Waals surface area contributed by atoms with Gasteiger partial charge in [0, 0.05) is 32.2 Å². The van der Waals surface area contributed by atoms with Gasteiger partial charge in [-0.05, 0) is 25.5 Å². The number of furan rings is 1. The lowest BCUT2D eigenvalue weighted by atomic mass is 10.2. The summed E-state index contributed by atoms with van der Waals surface area (Å²) in [5.41, 5.74) is 0. The SMILES string of the molecule is Cc1ccc(C(=O)N2CCN([C@@H]3CCS(=O)(=O)C3)CC2)o1. The summed E-state index contributed by atoms with van der Waals surface area (Å²) in [4.78, 5) is 16.2. The third kappa shape index (κ3) is 3.13. The van der Waals surface area contributed by atoms with Gasteiger partial charge in [-0.15, -0.1) is 0 Å². The van der Waals surface area contributed by atoms with Crippen LogP contribution >= 0.6 is 0 Å². The van der Waals surface area contributed by atoms with Crippen molar-refractivity contribution in [3.63, 3.8) is 0 Å². The van der Waals surface area contributed by atoms with Gasteiger partial charge in [0.1, 0.15) is 5.76 Å². The number of piperazine rings is 1. The minimum Gasteiger partial charge on any atom is -0.456 e. The molecule has 0 aliphatic carbocycles. The zero-order valence-corrected chi connectivity index (χ0v) is 12.9. The van der Waals surface area contributed by atoms with Gasteiger partial charge in [-0.25, -0.2) is 8.42 Å². The monoisotopic (exact) mass is 312 g/mol. The fraction of sp³-hybridized carbons (Fsp3) is 0.643. The molecule has 3 heterocycles. The van der Waals surface area contributed by atoms with E-state index in [1.807, 2.05) is 6.92 Å². The third-order valence-electron chi connectivity index (χ3n) is 4.28. The minimum absolute atomic E-state index is 0.0817. The number of nitrogens with zero attached hydrogens (tertiary/aromatic N) is 2. The number of carbonyl (C=O) groups is 1. The Morgan fingerprint density at radius 1 is 1.24 bits per heavy atom. The second-order valence-electron chi connectivity index (χ2n) is 5.80. The molecule has 1 aromatic rings. The molecule has 2 aliphatic rings. The van der Waals surface area contributed by atoms with Gasteiger partial charge in [0.15, 0.2) is 15.6 Å². The molecular formula is C14H20N2O4S. The van der Waals surface area contributed by atoms with E-state index in [0.717, 1.165) is 18.8 Å². The van der Waals surface area contributed by atoms with Gasteiger partial charge in [0.05, 0.1) is 11.5 Å². The van der Waals surface area contributed by atoms with Crippen LogP contribution in [0.2, 0.25) is 0 Å². The first kappa shape index (κ1) is 14.6. The van der Waals surface area contributed by atoms with Gasteiger partial charge >= 0.3 is 0 Å². The van der Waals surface area contributed by atoms with E-state index in [4.69, 9.17) is 4.42 Å². The van der Waals surface area contributed by atoms with Crippen molar-refractivity contribution in [1.82, 2.24) is 9.80 Å². The Morgan fingerprint density at radius 3 is 2.48 bits per heavy atom. The zero-order chi connectivity index (χ0) is 15.0. The maximum absolute atomic E-state index is 12.3. The molecule has 3 rings (SSSR count). The third-order valence-corrected chi connectivity index (χ3v) is 6.03. The van der Waals surface area contributed by atoms with Gasteiger partial charge in [-0.2, -0.15) is 0 Å². The number of carbonyl (C=O) groups excluding carboxylic acids is 1. The summed E-state index contributed by atoms with van der Waals surface area (Å²) in [6.45, 7) is 4.51. The Labute approximate surface area is 124 Å². The van der Waals surface area contributed by atoms with Crippen molar-refractivity contribution in [3.8, 4) is 0 Å². The van der Waals surface area contributed by atoms with Crippen molar-refractivity contribution < 1.29 is 17.6 Å². The fourth-order valence-corrected chi connectivity index (χ4v) is 4.82. The molecule has 7 heteroatoms. The van der Waals surface area contributed by atoms with Crippen molar-refractivity contribution in [2.75, 3.05) is 37.7 Å². The molecule has 21 heavy (non-hydrogen) atoms. The normalized spacial score (nSPS) is 26.1. The van der Waals surface area contributed by atoms with Crippen molar-refractivity contribution in [2.24, 2.45) is 0 Å². The van der Waals surface area contributed by atoms with E-state index < -0.39 is 9.84 Å². The van der Waals surface area contributed by atoms with Crippen LogP contribution in [0.25, 0.3) is 0 Å². The minimum atomic E-state index is -2.85. The van der Waals surface area contributed by atoms with Gasteiger partial charge in [-0.3, -0.25) is 9.69 Å². The first-order chi connectivity index (χ1) is 9.94.